The van der Waals surface area contributed by atoms with E-state index >= 15 is 0 Å². The van der Waals surface area contributed by atoms with Gasteiger partial charge in [-0.3, -0.25) is 0 Å². The second-order valence-electron chi connectivity index (χ2n) is 3.63. The van der Waals surface area contributed by atoms with Crippen LogP contribution in [0.2, 0.25) is 0 Å². The Hall–Kier alpha value is -1.58. The summed E-state index contributed by atoms with van der Waals surface area (Å²) < 4.78 is 18.7. The highest BCUT2D eigenvalue weighted by Crippen LogP contribution is 2.38. The lowest BCUT2D eigenvalue weighted by atomic mass is 9.98. The van der Waals surface area contributed by atoms with Crippen LogP contribution in [-0.2, 0) is 11.2 Å². The molecule has 88 valence electrons. The Balaban J connectivity index is 3.36. The van der Waals surface area contributed by atoms with E-state index in [1.54, 1.807) is 13.8 Å². The van der Waals surface area contributed by atoms with Crippen molar-refractivity contribution in [3.8, 4) is 11.5 Å². The van der Waals surface area contributed by atoms with E-state index in [4.69, 9.17) is 4.74 Å². The summed E-state index contributed by atoms with van der Waals surface area (Å²) in [5.74, 6) is -0.319. The van der Waals surface area contributed by atoms with Crippen molar-refractivity contribution in [2.75, 3.05) is 7.11 Å². The van der Waals surface area contributed by atoms with Crippen LogP contribution in [-0.4, -0.2) is 18.5 Å². The van der Waals surface area contributed by atoms with Gasteiger partial charge in [-0.2, -0.15) is 0 Å². The third-order valence-electron chi connectivity index (χ3n) is 2.67. The summed E-state index contributed by atoms with van der Waals surface area (Å²) in [6.45, 7) is 3.13. The van der Waals surface area contributed by atoms with E-state index in [1.807, 2.05) is 0 Å². The molecule has 0 aliphatic carbocycles. The lowest BCUT2D eigenvalue weighted by molar-refractivity contribution is -0.107. The molecule has 0 aliphatic rings. The minimum atomic E-state index is -0.393. The molecular weight excluding hydrogens is 211 g/mol. The van der Waals surface area contributed by atoms with Crippen LogP contribution in [0.25, 0.3) is 0 Å². The zero-order chi connectivity index (χ0) is 12.3. The number of benzene rings is 1. The summed E-state index contributed by atoms with van der Waals surface area (Å²) in [5.41, 5.74) is 1.09. The Bertz CT molecular complexity index is 413. The monoisotopic (exact) mass is 226 g/mol. The number of aldehydes is 1. The van der Waals surface area contributed by atoms with Gasteiger partial charge in [0.1, 0.15) is 12.1 Å². The standard InChI is InChI=1S/C12H15FO3/c1-7-9(5-4-6-14)11(15)12(16-3)8(2)10(7)13/h6,15H,4-5H2,1-3H3. The van der Waals surface area contributed by atoms with Gasteiger partial charge in [0.15, 0.2) is 11.5 Å². The molecule has 1 aromatic rings. The van der Waals surface area contributed by atoms with E-state index in [9.17, 15) is 14.3 Å². The van der Waals surface area contributed by atoms with E-state index in [0.29, 0.717) is 17.5 Å². The molecule has 0 amide bonds. The van der Waals surface area contributed by atoms with Gasteiger partial charge in [-0.15, -0.1) is 0 Å². The van der Waals surface area contributed by atoms with Gasteiger partial charge in [0.05, 0.1) is 7.11 Å². The molecule has 0 saturated heterocycles. The summed E-state index contributed by atoms with van der Waals surface area (Å²) in [6.07, 6.45) is 1.30. The summed E-state index contributed by atoms with van der Waals surface area (Å²) >= 11 is 0. The maximum atomic E-state index is 13.8. The second kappa shape index (κ2) is 4.96. The summed E-state index contributed by atoms with van der Waals surface area (Å²) in [6, 6.07) is 0. The lowest BCUT2D eigenvalue weighted by Crippen LogP contribution is -2.01. The molecule has 4 heteroatoms. The van der Waals surface area contributed by atoms with Crippen LogP contribution in [0.4, 0.5) is 4.39 Å². The predicted molar refractivity (Wildman–Crippen MR) is 58.5 cm³/mol. The van der Waals surface area contributed by atoms with Gasteiger partial charge in [0, 0.05) is 17.5 Å². The van der Waals surface area contributed by atoms with E-state index in [0.717, 1.165) is 6.29 Å². The zero-order valence-electron chi connectivity index (χ0n) is 9.63. The number of ether oxygens (including phenoxy) is 1. The molecule has 16 heavy (non-hydrogen) atoms. The molecule has 1 N–H and O–H groups in total. The Morgan fingerprint density at radius 3 is 2.50 bits per heavy atom. The number of phenolic OH excluding ortho intramolecular Hbond substituents is 1. The number of hydrogen-bond donors (Lipinski definition) is 1. The third kappa shape index (κ3) is 2.01. The van der Waals surface area contributed by atoms with Crippen molar-refractivity contribution in [2.45, 2.75) is 26.7 Å². The Morgan fingerprint density at radius 1 is 1.38 bits per heavy atom. The highest BCUT2D eigenvalue weighted by Gasteiger charge is 2.19. The Labute approximate surface area is 93.9 Å². The topological polar surface area (TPSA) is 46.5 Å². The van der Waals surface area contributed by atoms with Gasteiger partial charge in [0.2, 0.25) is 0 Å². The van der Waals surface area contributed by atoms with Crippen molar-refractivity contribution in [3.05, 3.63) is 22.5 Å². The maximum absolute atomic E-state index is 13.8. The number of hydrogen-bond acceptors (Lipinski definition) is 3. The number of carbonyl (C=O) groups is 1. The summed E-state index contributed by atoms with van der Waals surface area (Å²) in [4.78, 5) is 10.3. The van der Waals surface area contributed by atoms with Crippen LogP contribution in [0.3, 0.4) is 0 Å². The van der Waals surface area contributed by atoms with Crippen LogP contribution in [0, 0.1) is 19.7 Å². The van der Waals surface area contributed by atoms with E-state index < -0.39 is 5.82 Å². The highest BCUT2D eigenvalue weighted by atomic mass is 19.1. The van der Waals surface area contributed by atoms with Gasteiger partial charge >= 0.3 is 0 Å². The average Bonchev–Trinajstić information content (AvgIpc) is 2.27. The molecule has 1 rings (SSSR count). The first kappa shape index (κ1) is 12.5. The first-order valence-electron chi connectivity index (χ1n) is 5.02. The summed E-state index contributed by atoms with van der Waals surface area (Å²) in [5, 5.41) is 9.89. The Kier molecular flexibility index (Phi) is 3.88. The van der Waals surface area contributed by atoms with Crippen LogP contribution in [0.15, 0.2) is 0 Å². The zero-order valence-corrected chi connectivity index (χ0v) is 9.63. The lowest BCUT2D eigenvalue weighted by Gasteiger charge is -2.15. The van der Waals surface area contributed by atoms with Crippen molar-refractivity contribution in [2.24, 2.45) is 0 Å². The van der Waals surface area contributed by atoms with Gasteiger partial charge in [-0.05, 0) is 25.8 Å². The van der Waals surface area contributed by atoms with E-state index in [-0.39, 0.29) is 23.5 Å². The molecule has 0 heterocycles. The summed E-state index contributed by atoms with van der Waals surface area (Å²) in [7, 11) is 1.38. The minimum Gasteiger partial charge on any atom is -0.504 e. The minimum absolute atomic E-state index is 0.0687. The van der Waals surface area contributed by atoms with Crippen molar-refractivity contribution >= 4 is 6.29 Å². The number of rotatable bonds is 4. The Morgan fingerprint density at radius 2 is 2.00 bits per heavy atom. The van der Waals surface area contributed by atoms with Crippen LogP contribution >= 0.6 is 0 Å². The van der Waals surface area contributed by atoms with Gasteiger partial charge in [-0.1, -0.05) is 0 Å². The van der Waals surface area contributed by atoms with Crippen LogP contribution in [0.5, 0.6) is 11.5 Å². The molecule has 0 unspecified atom stereocenters. The third-order valence-corrected chi connectivity index (χ3v) is 2.67. The molecule has 3 nitrogen and oxygen atoms in total. The number of phenols is 1. The van der Waals surface area contributed by atoms with Crippen LogP contribution < -0.4 is 4.74 Å². The normalized spacial score (nSPS) is 10.2. The number of carbonyl (C=O) groups excluding carboxylic acids is 1. The molecule has 1 aromatic carbocycles. The fourth-order valence-corrected chi connectivity index (χ4v) is 1.76. The van der Waals surface area contributed by atoms with Gasteiger partial charge < -0.3 is 14.6 Å². The van der Waals surface area contributed by atoms with E-state index in [1.165, 1.54) is 7.11 Å². The second-order valence-corrected chi connectivity index (χ2v) is 3.63. The van der Waals surface area contributed by atoms with Crippen molar-refractivity contribution < 1.29 is 19.0 Å². The quantitative estimate of drug-likeness (QED) is 0.801. The predicted octanol–water partition coefficient (Wildman–Crippen LogP) is 2.29. The number of methoxy groups -OCH3 is 1. The highest BCUT2D eigenvalue weighted by molar-refractivity contribution is 5.57. The van der Waals surface area contributed by atoms with Crippen molar-refractivity contribution in [1.82, 2.24) is 0 Å². The van der Waals surface area contributed by atoms with Crippen molar-refractivity contribution in [3.63, 3.8) is 0 Å². The van der Waals surface area contributed by atoms with E-state index in [2.05, 4.69) is 0 Å². The SMILES string of the molecule is COc1c(C)c(F)c(C)c(CCC=O)c1O. The smallest absolute Gasteiger partial charge is 0.166 e. The molecule has 0 aromatic heterocycles. The van der Waals surface area contributed by atoms with Gasteiger partial charge in [0.25, 0.3) is 0 Å². The fourth-order valence-electron chi connectivity index (χ4n) is 1.76. The largest absolute Gasteiger partial charge is 0.504 e. The number of aromatic hydroxyl groups is 1. The molecular formula is C12H15FO3. The molecule has 0 spiro atoms. The van der Waals surface area contributed by atoms with Gasteiger partial charge in [-0.25, -0.2) is 4.39 Å². The number of halogens is 1. The first-order valence-corrected chi connectivity index (χ1v) is 5.02. The molecule has 0 atom stereocenters. The molecule has 0 fully saturated rings. The molecule has 0 radical (unpaired) electrons. The van der Waals surface area contributed by atoms with Crippen LogP contribution in [0.1, 0.15) is 23.1 Å². The molecule has 0 bridgehead atoms. The maximum Gasteiger partial charge on any atom is 0.166 e. The fraction of sp³-hybridized carbons (Fsp3) is 0.417. The van der Waals surface area contributed by atoms with Crippen molar-refractivity contribution in [1.29, 1.82) is 0 Å². The average molecular weight is 226 g/mol. The first-order chi connectivity index (χ1) is 7.54. The molecule has 0 aliphatic heterocycles. The molecule has 0 saturated carbocycles.